The van der Waals surface area contributed by atoms with E-state index in [1.807, 2.05) is 0 Å². The lowest BCUT2D eigenvalue weighted by Gasteiger charge is -2.23. The van der Waals surface area contributed by atoms with Crippen LogP contribution in [0.4, 0.5) is 0 Å². The van der Waals surface area contributed by atoms with E-state index >= 15 is 0 Å². The molecule has 21 heavy (non-hydrogen) atoms. The van der Waals surface area contributed by atoms with Gasteiger partial charge in [0.05, 0.1) is 0 Å². The highest BCUT2D eigenvalue weighted by Crippen LogP contribution is 2.16. The summed E-state index contributed by atoms with van der Waals surface area (Å²) in [6.45, 7) is 7.07. The molecule has 2 fully saturated rings. The van der Waals surface area contributed by atoms with Crippen molar-refractivity contribution in [1.82, 2.24) is 15.5 Å². The molecule has 0 saturated carbocycles. The van der Waals surface area contributed by atoms with Crippen molar-refractivity contribution >= 4 is 0 Å². The average Bonchev–Trinajstić information content (AvgIpc) is 3.12. The van der Waals surface area contributed by atoms with Crippen molar-refractivity contribution in [2.45, 2.75) is 57.3 Å². The van der Waals surface area contributed by atoms with E-state index in [4.69, 9.17) is 0 Å². The van der Waals surface area contributed by atoms with Gasteiger partial charge in [-0.05, 0) is 44.7 Å². The SMILES string of the molecule is CC(CC1CCCN1)NC1CCN(Cc2ccccc2)C1. The van der Waals surface area contributed by atoms with Crippen LogP contribution in [0, 0.1) is 0 Å². The fourth-order valence-corrected chi connectivity index (χ4v) is 3.81. The maximum atomic E-state index is 3.84. The first-order valence-corrected chi connectivity index (χ1v) is 8.55. The van der Waals surface area contributed by atoms with Crippen LogP contribution in [0.2, 0.25) is 0 Å². The van der Waals surface area contributed by atoms with E-state index in [0.717, 1.165) is 12.6 Å². The summed E-state index contributed by atoms with van der Waals surface area (Å²) >= 11 is 0. The summed E-state index contributed by atoms with van der Waals surface area (Å²) in [4.78, 5) is 2.58. The molecule has 0 aliphatic carbocycles. The van der Waals surface area contributed by atoms with Gasteiger partial charge < -0.3 is 10.6 Å². The predicted octanol–water partition coefficient (Wildman–Crippen LogP) is 2.38. The van der Waals surface area contributed by atoms with Crippen molar-refractivity contribution in [3.8, 4) is 0 Å². The maximum absolute atomic E-state index is 3.84. The van der Waals surface area contributed by atoms with Crippen LogP contribution in [0.3, 0.4) is 0 Å². The molecule has 0 radical (unpaired) electrons. The van der Waals surface area contributed by atoms with Crippen LogP contribution in [-0.2, 0) is 6.54 Å². The van der Waals surface area contributed by atoms with E-state index in [1.165, 1.54) is 50.9 Å². The minimum atomic E-state index is 0.627. The molecule has 2 N–H and O–H groups in total. The molecule has 3 rings (SSSR count). The number of nitrogens with one attached hydrogen (secondary N) is 2. The first-order valence-electron chi connectivity index (χ1n) is 8.55. The van der Waals surface area contributed by atoms with Crippen molar-refractivity contribution < 1.29 is 0 Å². The van der Waals surface area contributed by atoms with Gasteiger partial charge in [-0.1, -0.05) is 30.3 Å². The van der Waals surface area contributed by atoms with Crippen molar-refractivity contribution in [3.63, 3.8) is 0 Å². The fraction of sp³-hybridized carbons (Fsp3) is 0.667. The third kappa shape index (κ3) is 4.53. The van der Waals surface area contributed by atoms with Gasteiger partial charge in [0, 0.05) is 37.8 Å². The first-order chi connectivity index (χ1) is 10.3. The first kappa shape index (κ1) is 15.0. The van der Waals surface area contributed by atoms with Crippen molar-refractivity contribution in [1.29, 1.82) is 0 Å². The van der Waals surface area contributed by atoms with E-state index in [9.17, 15) is 0 Å². The zero-order chi connectivity index (χ0) is 14.5. The van der Waals surface area contributed by atoms with Crippen molar-refractivity contribution in [3.05, 3.63) is 35.9 Å². The average molecular weight is 287 g/mol. The topological polar surface area (TPSA) is 27.3 Å². The van der Waals surface area contributed by atoms with Crippen LogP contribution < -0.4 is 10.6 Å². The number of nitrogens with zero attached hydrogens (tertiary/aromatic N) is 1. The van der Waals surface area contributed by atoms with Crippen LogP contribution >= 0.6 is 0 Å². The third-order valence-electron chi connectivity index (χ3n) is 4.84. The van der Waals surface area contributed by atoms with Gasteiger partial charge in [0.2, 0.25) is 0 Å². The molecular weight excluding hydrogens is 258 g/mol. The quantitative estimate of drug-likeness (QED) is 0.841. The molecule has 3 heteroatoms. The van der Waals surface area contributed by atoms with Crippen LogP contribution in [0.25, 0.3) is 0 Å². The van der Waals surface area contributed by atoms with Gasteiger partial charge in [-0.2, -0.15) is 0 Å². The second kappa shape index (κ2) is 7.39. The van der Waals surface area contributed by atoms with E-state index in [2.05, 4.69) is 52.8 Å². The molecule has 0 aromatic heterocycles. The monoisotopic (exact) mass is 287 g/mol. The summed E-state index contributed by atoms with van der Waals surface area (Å²) < 4.78 is 0. The molecular formula is C18H29N3. The Morgan fingerprint density at radius 2 is 2.14 bits per heavy atom. The normalized spacial score (nSPS) is 28.0. The van der Waals surface area contributed by atoms with Gasteiger partial charge in [0.25, 0.3) is 0 Å². The molecule has 116 valence electrons. The Balaban J connectivity index is 1.39. The van der Waals surface area contributed by atoms with E-state index in [1.54, 1.807) is 0 Å². The molecule has 0 amide bonds. The molecule has 3 nitrogen and oxygen atoms in total. The summed E-state index contributed by atoms with van der Waals surface area (Å²) in [7, 11) is 0. The molecule has 2 aliphatic rings. The maximum Gasteiger partial charge on any atom is 0.0234 e. The smallest absolute Gasteiger partial charge is 0.0234 e. The van der Waals surface area contributed by atoms with Crippen LogP contribution in [0.15, 0.2) is 30.3 Å². The summed E-state index contributed by atoms with van der Waals surface area (Å²) in [6, 6.07) is 12.9. The molecule has 2 aliphatic heterocycles. The van der Waals surface area contributed by atoms with Crippen molar-refractivity contribution in [2.75, 3.05) is 19.6 Å². The van der Waals surface area contributed by atoms with Crippen LogP contribution in [0.5, 0.6) is 0 Å². The Labute approximate surface area is 129 Å². The Morgan fingerprint density at radius 3 is 2.90 bits per heavy atom. The number of likely N-dealkylation sites (tertiary alicyclic amines) is 1. The highest BCUT2D eigenvalue weighted by molar-refractivity contribution is 5.14. The Kier molecular flexibility index (Phi) is 5.28. The molecule has 1 aromatic carbocycles. The van der Waals surface area contributed by atoms with Crippen LogP contribution in [-0.4, -0.2) is 42.7 Å². The lowest BCUT2D eigenvalue weighted by atomic mass is 10.1. The minimum absolute atomic E-state index is 0.627. The van der Waals surface area contributed by atoms with E-state index < -0.39 is 0 Å². The second-order valence-electron chi connectivity index (χ2n) is 6.80. The third-order valence-corrected chi connectivity index (χ3v) is 4.84. The largest absolute Gasteiger partial charge is 0.314 e. The lowest BCUT2D eigenvalue weighted by Crippen LogP contribution is -2.41. The predicted molar refractivity (Wildman–Crippen MR) is 88.4 cm³/mol. The standard InChI is InChI=1S/C18H29N3/c1-15(12-17-8-5-10-19-17)20-18-9-11-21(14-18)13-16-6-3-2-4-7-16/h2-4,6-7,15,17-20H,5,8-14H2,1H3. The van der Waals surface area contributed by atoms with Gasteiger partial charge in [-0.3, -0.25) is 4.90 Å². The van der Waals surface area contributed by atoms with Gasteiger partial charge in [0.1, 0.15) is 0 Å². The molecule has 3 unspecified atom stereocenters. The number of hydrogen-bond acceptors (Lipinski definition) is 3. The molecule has 3 atom stereocenters. The highest BCUT2D eigenvalue weighted by Gasteiger charge is 2.25. The Morgan fingerprint density at radius 1 is 1.29 bits per heavy atom. The molecule has 2 saturated heterocycles. The molecule has 2 heterocycles. The molecule has 1 aromatic rings. The molecule has 0 spiro atoms. The lowest BCUT2D eigenvalue weighted by molar-refractivity contribution is 0.311. The zero-order valence-corrected chi connectivity index (χ0v) is 13.2. The minimum Gasteiger partial charge on any atom is -0.314 e. The van der Waals surface area contributed by atoms with Gasteiger partial charge in [0.15, 0.2) is 0 Å². The van der Waals surface area contributed by atoms with Crippen LogP contribution in [0.1, 0.15) is 38.2 Å². The second-order valence-corrected chi connectivity index (χ2v) is 6.80. The summed E-state index contributed by atoms with van der Waals surface area (Å²) in [6.07, 6.45) is 5.27. The summed E-state index contributed by atoms with van der Waals surface area (Å²) in [5.41, 5.74) is 1.43. The number of benzene rings is 1. The fourth-order valence-electron chi connectivity index (χ4n) is 3.81. The van der Waals surface area contributed by atoms with Crippen molar-refractivity contribution in [2.24, 2.45) is 0 Å². The van der Waals surface area contributed by atoms with E-state index in [-0.39, 0.29) is 0 Å². The summed E-state index contributed by atoms with van der Waals surface area (Å²) in [5.74, 6) is 0. The Hall–Kier alpha value is -0.900. The summed E-state index contributed by atoms with van der Waals surface area (Å²) in [5, 5.41) is 7.44. The van der Waals surface area contributed by atoms with E-state index in [0.29, 0.717) is 12.1 Å². The van der Waals surface area contributed by atoms with Gasteiger partial charge in [-0.25, -0.2) is 0 Å². The van der Waals surface area contributed by atoms with Gasteiger partial charge >= 0.3 is 0 Å². The highest BCUT2D eigenvalue weighted by atomic mass is 15.2. The van der Waals surface area contributed by atoms with Gasteiger partial charge in [-0.15, -0.1) is 0 Å². The number of rotatable bonds is 6. The molecule has 0 bridgehead atoms. The number of hydrogen-bond donors (Lipinski definition) is 2. The Bertz CT molecular complexity index is 414. The zero-order valence-electron chi connectivity index (χ0n) is 13.2.